The van der Waals surface area contributed by atoms with Crippen LogP contribution in [0.4, 0.5) is 13.2 Å². The predicted octanol–water partition coefficient (Wildman–Crippen LogP) is 4.02. The second-order valence-electron chi connectivity index (χ2n) is 3.74. The third-order valence-electron chi connectivity index (χ3n) is 2.01. The van der Waals surface area contributed by atoms with Crippen LogP contribution in [0.2, 0.25) is 0 Å². The van der Waals surface area contributed by atoms with Crippen molar-refractivity contribution >= 4 is 0 Å². The van der Waals surface area contributed by atoms with E-state index in [4.69, 9.17) is 0 Å². The van der Waals surface area contributed by atoms with E-state index in [1.807, 2.05) is 20.8 Å². The Kier molecular flexibility index (Phi) is 3.27. The first-order chi connectivity index (χ1) is 6.79. The molecule has 0 unspecified atom stereocenters. The van der Waals surface area contributed by atoms with Gasteiger partial charge in [0.25, 0.3) is 0 Å². The predicted molar refractivity (Wildman–Crippen MR) is 52.0 cm³/mol. The average Bonchev–Trinajstić information content (AvgIpc) is 2.05. The monoisotopic (exact) mass is 218 g/mol. The zero-order chi connectivity index (χ0) is 11.6. The molecular weight excluding hydrogens is 205 g/mol. The number of aryl methyl sites for hydroxylation is 1. The lowest BCUT2D eigenvalue weighted by Crippen LogP contribution is -2.18. The number of alkyl halides is 3. The average molecular weight is 218 g/mol. The van der Waals surface area contributed by atoms with Crippen LogP contribution in [-0.2, 0) is 0 Å². The first-order valence-corrected chi connectivity index (χ1v) is 4.66. The van der Waals surface area contributed by atoms with E-state index in [-0.39, 0.29) is 11.7 Å². The third kappa shape index (κ3) is 3.46. The Morgan fingerprint density at radius 1 is 1.20 bits per heavy atom. The number of ether oxygens (including phenoxy) is 1. The van der Waals surface area contributed by atoms with Gasteiger partial charge in [0, 0.05) is 0 Å². The van der Waals surface area contributed by atoms with Crippen LogP contribution in [-0.4, -0.2) is 6.36 Å². The quantitative estimate of drug-likeness (QED) is 0.728. The standard InChI is InChI=1S/C11H13F3O/c1-7(2)9-6-8(3)4-5-10(9)15-11(12,13)14/h4-7H,1-3H3. The van der Waals surface area contributed by atoms with Crippen molar-refractivity contribution in [3.8, 4) is 5.75 Å². The van der Waals surface area contributed by atoms with Gasteiger partial charge >= 0.3 is 6.36 Å². The summed E-state index contributed by atoms with van der Waals surface area (Å²) >= 11 is 0. The molecule has 4 heteroatoms. The minimum atomic E-state index is -4.63. The fourth-order valence-electron chi connectivity index (χ4n) is 1.34. The zero-order valence-electron chi connectivity index (χ0n) is 8.85. The summed E-state index contributed by atoms with van der Waals surface area (Å²) in [4.78, 5) is 0. The van der Waals surface area contributed by atoms with Crippen LogP contribution in [0.25, 0.3) is 0 Å². The molecule has 15 heavy (non-hydrogen) atoms. The van der Waals surface area contributed by atoms with Gasteiger partial charge in [0.1, 0.15) is 5.75 Å². The minimum Gasteiger partial charge on any atom is -0.405 e. The van der Waals surface area contributed by atoms with Gasteiger partial charge in [-0.3, -0.25) is 0 Å². The van der Waals surface area contributed by atoms with Crippen LogP contribution in [0.1, 0.15) is 30.9 Å². The van der Waals surface area contributed by atoms with E-state index >= 15 is 0 Å². The van der Waals surface area contributed by atoms with Crippen molar-refractivity contribution in [1.29, 1.82) is 0 Å². The Hall–Kier alpha value is -1.19. The van der Waals surface area contributed by atoms with Crippen molar-refractivity contribution < 1.29 is 17.9 Å². The van der Waals surface area contributed by atoms with Gasteiger partial charge in [0.05, 0.1) is 0 Å². The number of hydrogen-bond acceptors (Lipinski definition) is 1. The number of hydrogen-bond donors (Lipinski definition) is 0. The molecular formula is C11H13F3O. The summed E-state index contributed by atoms with van der Waals surface area (Å²) in [5.41, 5.74) is 1.50. The third-order valence-corrected chi connectivity index (χ3v) is 2.01. The van der Waals surface area contributed by atoms with Gasteiger partial charge < -0.3 is 4.74 Å². The summed E-state index contributed by atoms with van der Waals surface area (Å²) in [5, 5.41) is 0. The Balaban J connectivity index is 3.06. The molecule has 0 fully saturated rings. The van der Waals surface area contributed by atoms with E-state index in [0.29, 0.717) is 5.56 Å². The van der Waals surface area contributed by atoms with Crippen LogP contribution in [0.5, 0.6) is 5.75 Å². The van der Waals surface area contributed by atoms with E-state index in [1.165, 1.54) is 6.07 Å². The molecule has 1 nitrogen and oxygen atoms in total. The molecule has 0 atom stereocenters. The van der Waals surface area contributed by atoms with Gasteiger partial charge in [0.2, 0.25) is 0 Å². The maximum Gasteiger partial charge on any atom is 0.573 e. The van der Waals surface area contributed by atoms with E-state index < -0.39 is 6.36 Å². The van der Waals surface area contributed by atoms with Crippen LogP contribution in [0.15, 0.2) is 18.2 Å². The maximum absolute atomic E-state index is 12.1. The van der Waals surface area contributed by atoms with Crippen LogP contribution >= 0.6 is 0 Å². The van der Waals surface area contributed by atoms with Gasteiger partial charge in [-0.25, -0.2) is 0 Å². The molecule has 0 heterocycles. The SMILES string of the molecule is Cc1ccc(OC(F)(F)F)c(C(C)C)c1. The first-order valence-electron chi connectivity index (χ1n) is 4.66. The lowest BCUT2D eigenvalue weighted by Gasteiger charge is -2.15. The van der Waals surface area contributed by atoms with Crippen LogP contribution in [0, 0.1) is 6.92 Å². The van der Waals surface area contributed by atoms with E-state index in [0.717, 1.165) is 5.56 Å². The number of benzene rings is 1. The molecule has 0 saturated heterocycles. The second kappa shape index (κ2) is 4.13. The topological polar surface area (TPSA) is 9.23 Å². The van der Waals surface area contributed by atoms with Crippen molar-refractivity contribution in [1.82, 2.24) is 0 Å². The normalized spacial score (nSPS) is 11.9. The molecule has 0 saturated carbocycles. The molecule has 0 amide bonds. The fraction of sp³-hybridized carbons (Fsp3) is 0.455. The molecule has 0 N–H and O–H groups in total. The highest BCUT2D eigenvalue weighted by Crippen LogP contribution is 2.31. The van der Waals surface area contributed by atoms with E-state index in [2.05, 4.69) is 4.74 Å². The van der Waals surface area contributed by atoms with Gasteiger partial charge in [-0.15, -0.1) is 13.2 Å². The Morgan fingerprint density at radius 2 is 1.80 bits per heavy atom. The molecule has 1 aromatic carbocycles. The van der Waals surface area contributed by atoms with Crippen LogP contribution in [0.3, 0.4) is 0 Å². The highest BCUT2D eigenvalue weighted by molar-refractivity contribution is 5.39. The summed E-state index contributed by atoms with van der Waals surface area (Å²) < 4.78 is 40.1. The Morgan fingerprint density at radius 3 is 2.27 bits per heavy atom. The summed E-state index contributed by atoms with van der Waals surface area (Å²) in [6.07, 6.45) is -4.63. The molecule has 0 bridgehead atoms. The molecule has 1 aromatic rings. The fourth-order valence-corrected chi connectivity index (χ4v) is 1.34. The molecule has 1 rings (SSSR count). The molecule has 0 aliphatic rings. The second-order valence-corrected chi connectivity index (χ2v) is 3.74. The van der Waals surface area contributed by atoms with Crippen molar-refractivity contribution in [3.05, 3.63) is 29.3 Å². The Bertz CT molecular complexity index is 342. The van der Waals surface area contributed by atoms with Crippen molar-refractivity contribution in [2.75, 3.05) is 0 Å². The smallest absolute Gasteiger partial charge is 0.405 e. The van der Waals surface area contributed by atoms with E-state index in [9.17, 15) is 13.2 Å². The van der Waals surface area contributed by atoms with Gasteiger partial charge in [0.15, 0.2) is 0 Å². The molecule has 84 valence electrons. The van der Waals surface area contributed by atoms with E-state index in [1.54, 1.807) is 12.1 Å². The number of halogens is 3. The number of rotatable bonds is 2. The molecule has 0 spiro atoms. The molecule has 0 aliphatic carbocycles. The maximum atomic E-state index is 12.1. The van der Waals surface area contributed by atoms with Gasteiger partial charge in [-0.05, 0) is 24.5 Å². The summed E-state index contributed by atoms with van der Waals surface area (Å²) in [6, 6.07) is 4.68. The Labute approximate surface area is 86.9 Å². The van der Waals surface area contributed by atoms with Crippen LogP contribution < -0.4 is 4.74 Å². The molecule has 0 radical (unpaired) electrons. The summed E-state index contributed by atoms with van der Waals surface area (Å²) in [6.45, 7) is 5.50. The minimum absolute atomic E-state index is 0.00208. The van der Waals surface area contributed by atoms with Crippen molar-refractivity contribution in [2.24, 2.45) is 0 Å². The first kappa shape index (κ1) is 11.9. The molecule has 0 aromatic heterocycles. The van der Waals surface area contributed by atoms with Gasteiger partial charge in [-0.2, -0.15) is 0 Å². The van der Waals surface area contributed by atoms with Crippen molar-refractivity contribution in [2.45, 2.75) is 33.1 Å². The highest BCUT2D eigenvalue weighted by Gasteiger charge is 2.32. The highest BCUT2D eigenvalue weighted by atomic mass is 19.4. The largest absolute Gasteiger partial charge is 0.573 e. The van der Waals surface area contributed by atoms with Crippen molar-refractivity contribution in [3.63, 3.8) is 0 Å². The lowest BCUT2D eigenvalue weighted by atomic mass is 10.0. The molecule has 0 aliphatic heterocycles. The summed E-state index contributed by atoms with van der Waals surface area (Å²) in [5.74, 6) is -0.106. The van der Waals surface area contributed by atoms with Gasteiger partial charge in [-0.1, -0.05) is 31.5 Å². The summed E-state index contributed by atoms with van der Waals surface area (Å²) in [7, 11) is 0. The zero-order valence-corrected chi connectivity index (χ0v) is 8.85. The lowest BCUT2D eigenvalue weighted by molar-refractivity contribution is -0.274.